The van der Waals surface area contributed by atoms with Crippen LogP contribution in [0.4, 0.5) is 8.78 Å². The zero-order valence-electron chi connectivity index (χ0n) is 13.3. The number of benzene rings is 1. The maximum Gasteiger partial charge on any atom is 0.274 e. The highest BCUT2D eigenvalue weighted by Crippen LogP contribution is 2.27. The fourth-order valence-electron chi connectivity index (χ4n) is 3.89. The molecule has 0 radical (unpaired) electrons. The number of hydrogen-bond acceptors (Lipinski definition) is 2. The molecule has 2 heterocycles. The van der Waals surface area contributed by atoms with E-state index in [0.717, 1.165) is 43.0 Å². The SMILES string of the molecule is O=C(c1n[nH]c2c1CCC2)N1CCC(Cc2cc(F)cc(F)c2)C1. The number of aromatic amines is 1. The Bertz CT molecular complexity index is 766. The molecular formula is C18H19F2N3O. The predicted molar refractivity (Wildman–Crippen MR) is 84.7 cm³/mol. The van der Waals surface area contributed by atoms with E-state index in [2.05, 4.69) is 10.2 Å². The second-order valence-electron chi connectivity index (χ2n) is 6.77. The number of likely N-dealkylation sites (tertiary alicyclic amines) is 1. The Labute approximate surface area is 138 Å². The molecule has 1 aromatic heterocycles. The lowest BCUT2D eigenvalue weighted by Crippen LogP contribution is -2.30. The van der Waals surface area contributed by atoms with E-state index in [0.29, 0.717) is 30.8 Å². The van der Waals surface area contributed by atoms with Crippen LogP contribution in [0.1, 0.15) is 40.2 Å². The fourth-order valence-corrected chi connectivity index (χ4v) is 3.89. The van der Waals surface area contributed by atoms with Crippen LogP contribution in [0.25, 0.3) is 0 Å². The van der Waals surface area contributed by atoms with Gasteiger partial charge >= 0.3 is 0 Å². The quantitative estimate of drug-likeness (QED) is 0.940. The molecule has 2 aliphatic rings. The van der Waals surface area contributed by atoms with Crippen LogP contribution in [-0.2, 0) is 19.3 Å². The molecule has 24 heavy (non-hydrogen) atoms. The van der Waals surface area contributed by atoms with Crippen molar-refractivity contribution in [2.45, 2.75) is 32.1 Å². The molecule has 4 nitrogen and oxygen atoms in total. The van der Waals surface area contributed by atoms with Crippen molar-refractivity contribution in [2.24, 2.45) is 5.92 Å². The Balaban J connectivity index is 1.43. The van der Waals surface area contributed by atoms with Crippen LogP contribution in [0.2, 0.25) is 0 Å². The molecule has 126 valence electrons. The van der Waals surface area contributed by atoms with E-state index in [1.165, 1.54) is 12.1 Å². The van der Waals surface area contributed by atoms with E-state index in [4.69, 9.17) is 0 Å². The van der Waals surface area contributed by atoms with Crippen LogP contribution in [0, 0.1) is 17.6 Å². The maximum absolute atomic E-state index is 13.3. The molecule has 1 saturated heterocycles. The van der Waals surface area contributed by atoms with Crippen molar-refractivity contribution in [2.75, 3.05) is 13.1 Å². The summed E-state index contributed by atoms with van der Waals surface area (Å²) in [6.07, 6.45) is 4.36. The molecule has 1 atom stereocenters. The van der Waals surface area contributed by atoms with Gasteiger partial charge in [0.2, 0.25) is 0 Å². The predicted octanol–water partition coefficient (Wildman–Crippen LogP) is 2.88. The summed E-state index contributed by atoms with van der Waals surface area (Å²) < 4.78 is 26.6. The normalized spacial score (nSPS) is 19.8. The van der Waals surface area contributed by atoms with Crippen molar-refractivity contribution >= 4 is 5.91 Å². The summed E-state index contributed by atoms with van der Waals surface area (Å²) in [6.45, 7) is 1.28. The third-order valence-corrected chi connectivity index (χ3v) is 5.03. The van der Waals surface area contributed by atoms with E-state index >= 15 is 0 Å². The van der Waals surface area contributed by atoms with Crippen molar-refractivity contribution < 1.29 is 13.6 Å². The first-order valence-electron chi connectivity index (χ1n) is 8.40. The van der Waals surface area contributed by atoms with Gasteiger partial charge in [0.05, 0.1) is 0 Å². The Morgan fingerprint density at radius 2 is 2.04 bits per heavy atom. The molecule has 2 aromatic rings. The van der Waals surface area contributed by atoms with Gasteiger partial charge in [-0.25, -0.2) is 8.78 Å². The number of carbonyl (C=O) groups excluding carboxylic acids is 1. The van der Waals surface area contributed by atoms with Crippen molar-refractivity contribution in [3.63, 3.8) is 0 Å². The number of rotatable bonds is 3. The molecule has 1 fully saturated rings. The lowest BCUT2D eigenvalue weighted by atomic mass is 9.98. The number of nitrogens with zero attached hydrogens (tertiary/aromatic N) is 2. The van der Waals surface area contributed by atoms with Crippen LogP contribution >= 0.6 is 0 Å². The van der Waals surface area contributed by atoms with Gasteiger partial charge in [-0.15, -0.1) is 0 Å². The number of amides is 1. The summed E-state index contributed by atoms with van der Waals surface area (Å²) in [7, 11) is 0. The molecule has 0 spiro atoms. The summed E-state index contributed by atoms with van der Waals surface area (Å²) in [5.41, 5.74) is 3.35. The first-order valence-corrected chi connectivity index (χ1v) is 8.40. The topological polar surface area (TPSA) is 49.0 Å². The number of aryl methyl sites for hydroxylation is 1. The number of halogens is 2. The molecule has 1 unspecified atom stereocenters. The van der Waals surface area contributed by atoms with E-state index in [9.17, 15) is 13.6 Å². The summed E-state index contributed by atoms with van der Waals surface area (Å²) in [4.78, 5) is 14.5. The molecule has 6 heteroatoms. The van der Waals surface area contributed by atoms with Gasteiger partial charge in [-0.3, -0.25) is 9.89 Å². The van der Waals surface area contributed by atoms with E-state index in [1.54, 1.807) is 0 Å². The number of carbonyl (C=O) groups is 1. The summed E-state index contributed by atoms with van der Waals surface area (Å²) in [6, 6.07) is 3.62. The van der Waals surface area contributed by atoms with E-state index < -0.39 is 11.6 Å². The highest BCUT2D eigenvalue weighted by Gasteiger charge is 2.31. The molecule has 1 amide bonds. The number of aromatic nitrogens is 2. The molecular weight excluding hydrogens is 312 g/mol. The Morgan fingerprint density at radius 3 is 2.83 bits per heavy atom. The lowest BCUT2D eigenvalue weighted by molar-refractivity contribution is 0.0780. The molecule has 0 saturated carbocycles. The summed E-state index contributed by atoms with van der Waals surface area (Å²) >= 11 is 0. The lowest BCUT2D eigenvalue weighted by Gasteiger charge is -2.16. The monoisotopic (exact) mass is 331 g/mol. The average Bonchev–Trinajstić information content (AvgIpc) is 3.21. The first kappa shape index (κ1) is 15.3. The van der Waals surface area contributed by atoms with Gasteiger partial charge in [-0.05, 0) is 55.7 Å². The second-order valence-corrected chi connectivity index (χ2v) is 6.77. The fraction of sp³-hybridized carbons (Fsp3) is 0.444. The number of hydrogen-bond donors (Lipinski definition) is 1. The minimum Gasteiger partial charge on any atom is -0.337 e. The minimum absolute atomic E-state index is 0.0256. The molecule has 0 bridgehead atoms. The van der Waals surface area contributed by atoms with Crippen molar-refractivity contribution in [3.8, 4) is 0 Å². The summed E-state index contributed by atoms with van der Waals surface area (Å²) in [5.74, 6) is -0.907. The molecule has 1 aliphatic heterocycles. The van der Waals surface area contributed by atoms with Crippen molar-refractivity contribution in [3.05, 3.63) is 52.3 Å². The first-order chi connectivity index (χ1) is 11.6. The summed E-state index contributed by atoms with van der Waals surface area (Å²) in [5, 5.41) is 7.17. The molecule has 1 aliphatic carbocycles. The van der Waals surface area contributed by atoms with Gasteiger partial charge in [0, 0.05) is 30.4 Å². The smallest absolute Gasteiger partial charge is 0.274 e. The number of fused-ring (bicyclic) bond motifs is 1. The van der Waals surface area contributed by atoms with Crippen molar-refractivity contribution in [1.82, 2.24) is 15.1 Å². The minimum atomic E-state index is -0.553. The van der Waals surface area contributed by atoms with Crippen LogP contribution in [0.15, 0.2) is 18.2 Å². The van der Waals surface area contributed by atoms with Gasteiger partial charge in [0.25, 0.3) is 5.91 Å². The Hall–Kier alpha value is -2.24. The van der Waals surface area contributed by atoms with Crippen molar-refractivity contribution in [1.29, 1.82) is 0 Å². The van der Waals surface area contributed by atoms with Gasteiger partial charge in [-0.1, -0.05) is 0 Å². The zero-order valence-corrected chi connectivity index (χ0v) is 13.3. The van der Waals surface area contributed by atoms with E-state index in [-0.39, 0.29) is 11.8 Å². The highest BCUT2D eigenvalue weighted by atomic mass is 19.1. The highest BCUT2D eigenvalue weighted by molar-refractivity contribution is 5.94. The van der Waals surface area contributed by atoms with Crippen LogP contribution < -0.4 is 0 Å². The van der Waals surface area contributed by atoms with Gasteiger partial charge in [-0.2, -0.15) is 5.10 Å². The number of nitrogens with one attached hydrogen (secondary N) is 1. The third kappa shape index (κ3) is 2.81. The average molecular weight is 331 g/mol. The maximum atomic E-state index is 13.3. The standard InChI is InChI=1S/C18H19F2N3O/c19-13-7-12(8-14(20)9-13)6-11-4-5-23(10-11)18(24)17-15-2-1-3-16(15)21-22-17/h7-9,11H,1-6,10H2,(H,21,22). The molecule has 1 aromatic carbocycles. The van der Waals surface area contributed by atoms with Crippen LogP contribution in [0.3, 0.4) is 0 Å². The van der Waals surface area contributed by atoms with Gasteiger partial charge < -0.3 is 4.90 Å². The Kier molecular flexibility index (Phi) is 3.82. The van der Waals surface area contributed by atoms with Crippen LogP contribution in [-0.4, -0.2) is 34.1 Å². The largest absolute Gasteiger partial charge is 0.337 e. The molecule has 4 rings (SSSR count). The number of H-pyrrole nitrogens is 1. The Morgan fingerprint density at radius 1 is 1.25 bits per heavy atom. The second kappa shape index (κ2) is 6.00. The third-order valence-electron chi connectivity index (χ3n) is 5.03. The van der Waals surface area contributed by atoms with Crippen LogP contribution in [0.5, 0.6) is 0 Å². The van der Waals surface area contributed by atoms with Gasteiger partial charge in [0.1, 0.15) is 11.6 Å². The zero-order chi connectivity index (χ0) is 16.7. The van der Waals surface area contributed by atoms with Gasteiger partial charge in [0.15, 0.2) is 5.69 Å². The van der Waals surface area contributed by atoms with E-state index in [1.807, 2.05) is 4.90 Å². The molecule has 1 N–H and O–H groups in total.